The first-order chi connectivity index (χ1) is 6.90. The lowest BCUT2D eigenvalue weighted by atomic mass is 10.3. The lowest BCUT2D eigenvalue weighted by molar-refractivity contribution is 0.797. The molecule has 0 amide bonds. The second-order valence-corrected chi connectivity index (χ2v) is 3.03. The molecule has 2 aromatic rings. The number of rotatable bonds is 3. The Kier molecular flexibility index (Phi) is 2.55. The Hall–Kier alpha value is -1.68. The second kappa shape index (κ2) is 4.02. The van der Waals surface area contributed by atoms with Gasteiger partial charge in [0.05, 0.1) is 0 Å². The molecular weight excluding hydrogens is 176 g/mol. The fourth-order valence-corrected chi connectivity index (χ4v) is 1.29. The highest BCUT2D eigenvalue weighted by molar-refractivity contribution is 5.53. The van der Waals surface area contributed by atoms with E-state index < -0.39 is 0 Å². The number of imidazole rings is 1. The second-order valence-electron chi connectivity index (χ2n) is 3.03. The van der Waals surface area contributed by atoms with Crippen LogP contribution in [0.1, 0.15) is 5.69 Å². The van der Waals surface area contributed by atoms with Crippen LogP contribution in [0.4, 0.5) is 0 Å². The number of pyridine rings is 1. The van der Waals surface area contributed by atoms with Crippen molar-refractivity contribution in [2.24, 2.45) is 0 Å². The molecule has 2 N–H and O–H groups in total. The molecule has 0 radical (unpaired) electrons. The normalized spacial score (nSPS) is 10.4. The molecule has 0 fully saturated rings. The van der Waals surface area contributed by atoms with Crippen LogP contribution in [-0.2, 0) is 6.54 Å². The molecule has 2 aromatic heterocycles. The Morgan fingerprint density at radius 1 is 1.43 bits per heavy atom. The van der Waals surface area contributed by atoms with Gasteiger partial charge in [0.25, 0.3) is 0 Å². The van der Waals surface area contributed by atoms with Crippen molar-refractivity contribution >= 4 is 0 Å². The molecule has 2 rings (SSSR count). The first kappa shape index (κ1) is 8.90. The van der Waals surface area contributed by atoms with Gasteiger partial charge in [-0.2, -0.15) is 0 Å². The van der Waals surface area contributed by atoms with Crippen LogP contribution in [0.15, 0.2) is 30.7 Å². The monoisotopic (exact) mass is 188 g/mol. The Bertz CT molecular complexity index is 394. The third-order valence-corrected chi connectivity index (χ3v) is 1.93. The van der Waals surface area contributed by atoms with Crippen molar-refractivity contribution in [2.75, 3.05) is 7.05 Å². The topological polar surface area (TPSA) is 53.6 Å². The SMILES string of the molecule is CNCc1cnc(-c2cccnc2)[nH]1. The summed E-state index contributed by atoms with van der Waals surface area (Å²) in [6, 6.07) is 3.88. The van der Waals surface area contributed by atoms with E-state index in [2.05, 4.69) is 20.3 Å². The molecule has 0 saturated carbocycles. The quantitative estimate of drug-likeness (QED) is 0.760. The molecule has 14 heavy (non-hydrogen) atoms. The van der Waals surface area contributed by atoms with Gasteiger partial charge in [-0.25, -0.2) is 4.98 Å². The summed E-state index contributed by atoms with van der Waals surface area (Å²) in [6.07, 6.45) is 5.38. The van der Waals surface area contributed by atoms with Crippen LogP contribution in [0.5, 0.6) is 0 Å². The van der Waals surface area contributed by atoms with Gasteiger partial charge in [0.2, 0.25) is 0 Å². The Balaban J connectivity index is 2.25. The van der Waals surface area contributed by atoms with Gasteiger partial charge in [0.1, 0.15) is 5.82 Å². The van der Waals surface area contributed by atoms with Crippen LogP contribution < -0.4 is 5.32 Å². The van der Waals surface area contributed by atoms with Crippen molar-refractivity contribution in [2.45, 2.75) is 6.54 Å². The highest BCUT2D eigenvalue weighted by Gasteiger charge is 2.01. The predicted molar refractivity (Wildman–Crippen MR) is 54.6 cm³/mol. The Morgan fingerprint density at radius 2 is 2.36 bits per heavy atom. The van der Waals surface area contributed by atoms with Crippen LogP contribution in [0.25, 0.3) is 11.4 Å². The van der Waals surface area contributed by atoms with Crippen molar-refractivity contribution < 1.29 is 0 Å². The van der Waals surface area contributed by atoms with Crippen LogP contribution >= 0.6 is 0 Å². The average molecular weight is 188 g/mol. The minimum absolute atomic E-state index is 0.799. The van der Waals surface area contributed by atoms with Gasteiger partial charge < -0.3 is 10.3 Å². The maximum absolute atomic E-state index is 4.27. The lowest BCUT2D eigenvalue weighted by Gasteiger charge is -1.95. The summed E-state index contributed by atoms with van der Waals surface area (Å²) in [6.45, 7) is 0.799. The summed E-state index contributed by atoms with van der Waals surface area (Å²) in [5.41, 5.74) is 2.08. The molecular formula is C10H12N4. The number of aromatic nitrogens is 3. The standard InChI is InChI=1S/C10H12N4/c1-11-6-9-7-13-10(14-9)8-3-2-4-12-5-8/h2-5,7,11H,6H2,1H3,(H,13,14). The van der Waals surface area contributed by atoms with Gasteiger partial charge in [-0.3, -0.25) is 4.98 Å². The molecule has 2 heterocycles. The zero-order valence-corrected chi connectivity index (χ0v) is 7.99. The van der Waals surface area contributed by atoms with E-state index in [0.29, 0.717) is 0 Å². The van der Waals surface area contributed by atoms with Gasteiger partial charge in [-0.1, -0.05) is 0 Å². The summed E-state index contributed by atoms with van der Waals surface area (Å²) in [5.74, 6) is 0.864. The highest BCUT2D eigenvalue weighted by atomic mass is 14.9. The smallest absolute Gasteiger partial charge is 0.139 e. The van der Waals surface area contributed by atoms with Crippen molar-refractivity contribution in [3.05, 3.63) is 36.4 Å². The van der Waals surface area contributed by atoms with Gasteiger partial charge in [-0.05, 0) is 19.2 Å². The van der Waals surface area contributed by atoms with E-state index in [9.17, 15) is 0 Å². The molecule has 0 unspecified atom stereocenters. The minimum atomic E-state index is 0.799. The van der Waals surface area contributed by atoms with E-state index in [4.69, 9.17) is 0 Å². The molecule has 4 nitrogen and oxygen atoms in total. The number of hydrogen-bond donors (Lipinski definition) is 2. The van der Waals surface area contributed by atoms with Crippen LogP contribution in [0.3, 0.4) is 0 Å². The summed E-state index contributed by atoms with van der Waals surface area (Å²) in [7, 11) is 1.91. The van der Waals surface area contributed by atoms with Crippen LogP contribution in [0.2, 0.25) is 0 Å². The fraction of sp³-hybridized carbons (Fsp3) is 0.200. The summed E-state index contributed by atoms with van der Waals surface area (Å²) < 4.78 is 0. The third-order valence-electron chi connectivity index (χ3n) is 1.93. The minimum Gasteiger partial charge on any atom is -0.341 e. The van der Waals surface area contributed by atoms with Gasteiger partial charge in [-0.15, -0.1) is 0 Å². The molecule has 72 valence electrons. The highest BCUT2D eigenvalue weighted by Crippen LogP contribution is 2.13. The van der Waals surface area contributed by atoms with Gasteiger partial charge in [0, 0.05) is 36.4 Å². The maximum atomic E-state index is 4.27. The lowest BCUT2D eigenvalue weighted by Crippen LogP contribution is -2.04. The summed E-state index contributed by atoms with van der Waals surface area (Å²) >= 11 is 0. The molecule has 0 aliphatic rings. The van der Waals surface area contributed by atoms with Gasteiger partial charge in [0.15, 0.2) is 0 Å². The Labute approximate surface area is 82.4 Å². The van der Waals surface area contributed by atoms with E-state index >= 15 is 0 Å². The first-order valence-corrected chi connectivity index (χ1v) is 4.49. The summed E-state index contributed by atoms with van der Waals surface area (Å²) in [4.78, 5) is 11.5. The zero-order valence-electron chi connectivity index (χ0n) is 7.99. The van der Waals surface area contributed by atoms with Crippen molar-refractivity contribution in [1.29, 1.82) is 0 Å². The number of hydrogen-bond acceptors (Lipinski definition) is 3. The molecule has 0 aliphatic carbocycles. The summed E-state index contributed by atoms with van der Waals surface area (Å²) in [5, 5.41) is 3.06. The molecule has 0 aromatic carbocycles. The first-order valence-electron chi connectivity index (χ1n) is 4.49. The van der Waals surface area contributed by atoms with E-state index in [0.717, 1.165) is 23.6 Å². The maximum Gasteiger partial charge on any atom is 0.139 e. The van der Waals surface area contributed by atoms with Crippen LogP contribution in [0, 0.1) is 0 Å². The number of nitrogens with one attached hydrogen (secondary N) is 2. The molecule has 0 spiro atoms. The molecule has 0 atom stereocenters. The molecule has 0 bridgehead atoms. The van der Waals surface area contributed by atoms with E-state index in [1.54, 1.807) is 12.4 Å². The molecule has 4 heteroatoms. The predicted octanol–water partition coefficient (Wildman–Crippen LogP) is 1.19. The molecule has 0 aliphatic heterocycles. The Morgan fingerprint density at radius 3 is 3.07 bits per heavy atom. The van der Waals surface area contributed by atoms with E-state index in [-0.39, 0.29) is 0 Å². The van der Waals surface area contributed by atoms with Gasteiger partial charge >= 0.3 is 0 Å². The van der Waals surface area contributed by atoms with Crippen molar-refractivity contribution in [1.82, 2.24) is 20.3 Å². The number of nitrogens with zero attached hydrogens (tertiary/aromatic N) is 2. The third kappa shape index (κ3) is 1.80. The van der Waals surface area contributed by atoms with Crippen molar-refractivity contribution in [3.8, 4) is 11.4 Å². The van der Waals surface area contributed by atoms with E-state index in [1.807, 2.05) is 25.4 Å². The number of aromatic amines is 1. The van der Waals surface area contributed by atoms with Crippen molar-refractivity contribution in [3.63, 3.8) is 0 Å². The fourth-order valence-electron chi connectivity index (χ4n) is 1.29. The van der Waals surface area contributed by atoms with E-state index in [1.165, 1.54) is 0 Å². The average Bonchev–Trinajstić information content (AvgIpc) is 2.68. The largest absolute Gasteiger partial charge is 0.341 e. The zero-order chi connectivity index (χ0) is 9.80. The number of H-pyrrole nitrogens is 1. The molecule has 0 saturated heterocycles. The van der Waals surface area contributed by atoms with Crippen LogP contribution in [-0.4, -0.2) is 22.0 Å².